The molecule has 0 aromatic carbocycles. The topological polar surface area (TPSA) is 142 Å². The second-order valence-corrected chi connectivity index (χ2v) is 10.5. The van der Waals surface area contributed by atoms with Gasteiger partial charge in [-0.3, -0.25) is 14.8 Å². The molecule has 3 unspecified atom stereocenters. The maximum atomic E-state index is 11.4. The molecule has 3 N–H and O–H groups in total. The third-order valence-electron chi connectivity index (χ3n) is 6.61. The molecule has 218 valence electrons. The summed E-state index contributed by atoms with van der Waals surface area (Å²) in [5.41, 5.74) is 2.32. The van der Waals surface area contributed by atoms with Gasteiger partial charge < -0.3 is 24.1 Å². The molecule has 0 bridgehead atoms. The van der Waals surface area contributed by atoms with Crippen LogP contribution in [0.3, 0.4) is 0 Å². The Labute approximate surface area is 238 Å². The van der Waals surface area contributed by atoms with Crippen LogP contribution in [0, 0.1) is 5.92 Å². The zero-order valence-electron chi connectivity index (χ0n) is 22.4. The molecule has 13 heteroatoms. The van der Waals surface area contributed by atoms with Crippen molar-refractivity contribution in [2.75, 3.05) is 45.9 Å². The third-order valence-corrected chi connectivity index (χ3v) is 7.36. The SMILES string of the molecule is C=Cc1cccc(CN2COCCOCN(Cc3cccc(C(=O)O)n3)COC3CC(CSON)CC3OC2)n1. The second-order valence-electron chi connectivity index (χ2n) is 9.70. The van der Waals surface area contributed by atoms with Gasteiger partial charge in [-0.25, -0.2) is 20.0 Å². The number of aromatic nitrogens is 2. The summed E-state index contributed by atoms with van der Waals surface area (Å²) in [4.78, 5) is 24.2. The lowest BCUT2D eigenvalue weighted by atomic mass is 10.1. The molecule has 1 aliphatic carbocycles. The van der Waals surface area contributed by atoms with Crippen molar-refractivity contribution in [2.24, 2.45) is 11.8 Å². The predicted molar refractivity (Wildman–Crippen MR) is 148 cm³/mol. The maximum Gasteiger partial charge on any atom is 0.354 e. The molecule has 40 heavy (non-hydrogen) atoms. The molecule has 12 nitrogen and oxygen atoms in total. The zero-order valence-corrected chi connectivity index (χ0v) is 23.2. The number of hydrogen-bond acceptors (Lipinski definition) is 12. The first-order valence-electron chi connectivity index (χ1n) is 13.1. The van der Waals surface area contributed by atoms with Crippen molar-refractivity contribution in [1.82, 2.24) is 19.8 Å². The first-order chi connectivity index (χ1) is 19.5. The van der Waals surface area contributed by atoms with E-state index >= 15 is 0 Å². The van der Waals surface area contributed by atoms with Gasteiger partial charge in [0.2, 0.25) is 0 Å². The van der Waals surface area contributed by atoms with E-state index in [-0.39, 0.29) is 31.4 Å². The van der Waals surface area contributed by atoms with E-state index in [0.717, 1.165) is 30.0 Å². The number of carboxylic acids is 1. The Hall–Kier alpha value is -2.46. The number of carbonyl (C=O) groups is 1. The van der Waals surface area contributed by atoms with Gasteiger partial charge in [-0.2, -0.15) is 0 Å². The molecule has 4 rings (SSSR count). The average Bonchev–Trinajstić information content (AvgIpc) is 3.36. The van der Waals surface area contributed by atoms with Crippen LogP contribution in [-0.2, 0) is 36.3 Å². The van der Waals surface area contributed by atoms with Crippen molar-refractivity contribution in [1.29, 1.82) is 0 Å². The van der Waals surface area contributed by atoms with Crippen LogP contribution in [0.5, 0.6) is 0 Å². The zero-order chi connectivity index (χ0) is 28.2. The van der Waals surface area contributed by atoms with Crippen LogP contribution >= 0.6 is 12.0 Å². The van der Waals surface area contributed by atoms with Gasteiger partial charge >= 0.3 is 5.97 Å². The highest BCUT2D eigenvalue weighted by molar-refractivity contribution is 7.94. The molecule has 2 aromatic rings. The fourth-order valence-corrected chi connectivity index (χ4v) is 5.23. The van der Waals surface area contributed by atoms with E-state index in [1.807, 2.05) is 23.1 Å². The molecule has 2 aliphatic rings. The van der Waals surface area contributed by atoms with Crippen molar-refractivity contribution in [3.63, 3.8) is 0 Å². The first kappa shape index (κ1) is 30.5. The average molecular weight is 576 g/mol. The molecule has 2 aromatic heterocycles. The van der Waals surface area contributed by atoms with Gasteiger partial charge in [-0.1, -0.05) is 18.7 Å². The maximum absolute atomic E-state index is 11.4. The van der Waals surface area contributed by atoms with Gasteiger partial charge in [0.15, 0.2) is 0 Å². The molecule has 0 spiro atoms. The molecular formula is C27H37N5O7S. The Bertz CT molecular complexity index is 1100. The number of aromatic carboxylic acids is 1. The van der Waals surface area contributed by atoms with Crippen molar-refractivity contribution in [3.8, 4) is 0 Å². The number of nitrogens with zero attached hydrogens (tertiary/aromatic N) is 4. The van der Waals surface area contributed by atoms with Gasteiger partial charge in [-0.15, -0.1) is 0 Å². The van der Waals surface area contributed by atoms with Crippen molar-refractivity contribution in [2.45, 2.75) is 38.1 Å². The first-order valence-corrected chi connectivity index (χ1v) is 14.0. The number of fused-ring (bicyclic) bond motifs is 1. The van der Waals surface area contributed by atoms with Crippen LogP contribution in [0.4, 0.5) is 0 Å². The largest absolute Gasteiger partial charge is 0.477 e. The summed E-state index contributed by atoms with van der Waals surface area (Å²) in [6.45, 7) is 6.71. The molecular weight excluding hydrogens is 538 g/mol. The van der Waals surface area contributed by atoms with Gasteiger partial charge in [0, 0.05) is 30.9 Å². The molecule has 2 fully saturated rings. The summed E-state index contributed by atoms with van der Waals surface area (Å²) < 4.78 is 29.3. The Morgan fingerprint density at radius 3 is 2.17 bits per heavy atom. The highest BCUT2D eigenvalue weighted by atomic mass is 32.2. The normalized spacial score (nSPS) is 23.8. The van der Waals surface area contributed by atoms with E-state index in [4.69, 9.17) is 29.1 Å². The smallest absolute Gasteiger partial charge is 0.354 e. The number of ether oxygens (including phenoxy) is 4. The van der Waals surface area contributed by atoms with Gasteiger partial charge in [0.1, 0.15) is 32.6 Å². The minimum absolute atomic E-state index is 0.00229. The van der Waals surface area contributed by atoms with E-state index in [1.54, 1.807) is 18.2 Å². The van der Waals surface area contributed by atoms with Crippen LogP contribution in [0.2, 0.25) is 0 Å². The van der Waals surface area contributed by atoms with E-state index in [1.165, 1.54) is 18.1 Å². The molecule has 0 radical (unpaired) electrons. The van der Waals surface area contributed by atoms with Gasteiger partial charge in [-0.05, 0) is 49.1 Å². The quantitative estimate of drug-likeness (QED) is 0.335. The lowest BCUT2D eigenvalue weighted by molar-refractivity contribution is -0.146. The van der Waals surface area contributed by atoms with Crippen LogP contribution in [-0.4, -0.2) is 88.9 Å². The molecule has 1 saturated carbocycles. The van der Waals surface area contributed by atoms with E-state index in [0.29, 0.717) is 51.4 Å². The fourth-order valence-electron chi connectivity index (χ4n) is 4.69. The van der Waals surface area contributed by atoms with Crippen molar-refractivity contribution >= 4 is 24.1 Å². The van der Waals surface area contributed by atoms with E-state index in [2.05, 4.69) is 21.4 Å². The number of pyridine rings is 2. The summed E-state index contributed by atoms with van der Waals surface area (Å²) >= 11 is 1.23. The Kier molecular flexibility index (Phi) is 12.3. The summed E-state index contributed by atoms with van der Waals surface area (Å²) in [7, 11) is 0. The standard InChI is InChI=1S/C27H37N5O7S/c1-2-21-5-3-6-22(29-21)13-31-16-35-9-10-36-17-32(14-23-7-4-8-24(30-23)27(33)34)19-38-26-12-20(15-40-39-28)11-25(26)37-18-31/h2-8,20,25-26H,1,9-19,28H2,(H,33,34). The lowest BCUT2D eigenvalue weighted by Crippen LogP contribution is -2.38. The molecule has 1 saturated heterocycles. The number of nitrogens with two attached hydrogens (primary N) is 1. The van der Waals surface area contributed by atoms with Crippen LogP contribution in [0.1, 0.15) is 40.4 Å². The Morgan fingerprint density at radius 2 is 1.60 bits per heavy atom. The summed E-state index contributed by atoms with van der Waals surface area (Å²) in [5.74, 6) is 5.23. The summed E-state index contributed by atoms with van der Waals surface area (Å²) in [6, 6.07) is 10.8. The predicted octanol–water partition coefficient (Wildman–Crippen LogP) is 2.72. The highest BCUT2D eigenvalue weighted by Gasteiger charge is 2.36. The number of rotatable bonds is 9. The molecule has 3 atom stereocenters. The van der Waals surface area contributed by atoms with E-state index < -0.39 is 5.97 Å². The summed E-state index contributed by atoms with van der Waals surface area (Å²) in [6.07, 6.45) is 3.03. The van der Waals surface area contributed by atoms with Gasteiger partial charge in [0.25, 0.3) is 0 Å². The Morgan fingerprint density at radius 1 is 1.00 bits per heavy atom. The summed E-state index contributed by atoms with van der Waals surface area (Å²) in [5, 5.41) is 9.30. The third kappa shape index (κ3) is 9.58. The number of hydrogen-bond donors (Lipinski definition) is 2. The second kappa shape index (κ2) is 16.1. The minimum atomic E-state index is -1.07. The van der Waals surface area contributed by atoms with E-state index in [9.17, 15) is 9.90 Å². The highest BCUT2D eigenvalue weighted by Crippen LogP contribution is 2.33. The van der Waals surface area contributed by atoms with Crippen molar-refractivity contribution in [3.05, 3.63) is 65.8 Å². The molecule has 3 heterocycles. The van der Waals surface area contributed by atoms with Crippen LogP contribution in [0.25, 0.3) is 6.08 Å². The van der Waals surface area contributed by atoms with Gasteiger partial charge in [0.05, 0.1) is 42.5 Å². The monoisotopic (exact) mass is 575 g/mol. The molecule has 0 amide bonds. The van der Waals surface area contributed by atoms with Crippen LogP contribution < -0.4 is 5.90 Å². The number of carboxylic acid groups (broad SMARTS) is 1. The molecule has 1 aliphatic heterocycles. The Balaban J connectivity index is 1.44. The van der Waals surface area contributed by atoms with Crippen LogP contribution in [0.15, 0.2) is 43.0 Å². The fraction of sp³-hybridized carbons (Fsp3) is 0.519. The lowest BCUT2D eigenvalue weighted by Gasteiger charge is -2.29. The van der Waals surface area contributed by atoms with Crippen molar-refractivity contribution < 1.29 is 33.1 Å². The minimum Gasteiger partial charge on any atom is -0.477 e.